The normalized spacial score (nSPS) is 12.2. The topological polar surface area (TPSA) is 90.2 Å². The van der Waals surface area contributed by atoms with Crippen LogP contribution in [-0.2, 0) is 0 Å². The van der Waals surface area contributed by atoms with Gasteiger partial charge in [0.05, 0.1) is 34.2 Å². The predicted octanol–water partition coefficient (Wildman–Crippen LogP) is 12.5. The summed E-state index contributed by atoms with van der Waals surface area (Å²) in [6, 6.07) is 57.5. The molecule has 0 saturated heterocycles. The Balaban J connectivity index is 1.24. The number of aromatic nitrogens is 7. The van der Waals surface area contributed by atoms with Gasteiger partial charge in [0.25, 0.3) is 0 Å². The third kappa shape index (κ3) is 7.55. The highest BCUT2D eigenvalue weighted by Gasteiger charge is 2.20. The zero-order valence-corrected chi connectivity index (χ0v) is 32.6. The van der Waals surface area contributed by atoms with Crippen molar-refractivity contribution in [3.8, 4) is 90.3 Å². The fourth-order valence-electron chi connectivity index (χ4n) is 7.53. The first-order valence-corrected chi connectivity index (χ1v) is 20.0. The summed E-state index contributed by atoms with van der Waals surface area (Å²) < 4.78 is 0. The summed E-state index contributed by atoms with van der Waals surface area (Å²) in [7, 11) is 0. The molecule has 9 aromatic rings. The first-order valence-electron chi connectivity index (χ1n) is 20.0. The van der Waals surface area contributed by atoms with Gasteiger partial charge in [0.1, 0.15) is 0 Å². The second-order valence-electron chi connectivity index (χ2n) is 14.5. The average molecular weight is 772 g/mol. The molecule has 5 heterocycles. The van der Waals surface area contributed by atoms with Gasteiger partial charge in [-0.15, -0.1) is 0 Å². The molecule has 0 atom stereocenters. The predicted molar refractivity (Wildman–Crippen MR) is 241 cm³/mol. The Bertz CT molecular complexity index is 2860. The van der Waals surface area contributed by atoms with Crippen molar-refractivity contribution in [2.24, 2.45) is 0 Å². The lowest BCUT2D eigenvalue weighted by Crippen LogP contribution is -2.03. The standard InChI is InChI=1S/C53H37N7/c1-5-17-36(18-6-1)49-43(27-29-47(56-49)45-25-13-15-31-54-45)40-33-41(44-28-30-48(46-26-14-16-32-55-46)57-50(44)37-19-7-2-8-20-37)35-42(34-40)53-59-51(38-21-9-3-10-22-38)58-52(60-53)39-23-11-4-12-24-39/h1-3,5-11,13-35H,4,12H2. The van der Waals surface area contributed by atoms with Gasteiger partial charge < -0.3 is 0 Å². The van der Waals surface area contributed by atoms with Gasteiger partial charge in [-0.05, 0) is 90.7 Å². The summed E-state index contributed by atoms with van der Waals surface area (Å²) in [4.78, 5) is 35.3. The van der Waals surface area contributed by atoms with Crippen LogP contribution in [-0.4, -0.2) is 34.9 Å². The van der Waals surface area contributed by atoms with Crippen LogP contribution in [0.2, 0.25) is 0 Å². The molecular weight excluding hydrogens is 735 g/mol. The molecule has 7 heteroatoms. The molecule has 0 bridgehead atoms. The van der Waals surface area contributed by atoms with Crippen molar-refractivity contribution < 1.29 is 0 Å². The largest absolute Gasteiger partial charge is 0.255 e. The Hall–Kier alpha value is -8.03. The fraction of sp³-hybridized carbons (Fsp3) is 0.0377. The quantitative estimate of drug-likeness (QED) is 0.144. The van der Waals surface area contributed by atoms with E-state index in [1.165, 1.54) is 0 Å². The number of allylic oxidation sites excluding steroid dienone is 4. The van der Waals surface area contributed by atoms with Crippen molar-refractivity contribution in [1.29, 1.82) is 0 Å². The zero-order chi connectivity index (χ0) is 40.1. The molecule has 0 saturated carbocycles. The molecule has 0 N–H and O–H groups in total. The summed E-state index contributed by atoms with van der Waals surface area (Å²) in [5.74, 6) is 1.82. The number of benzene rings is 4. The van der Waals surface area contributed by atoms with Crippen molar-refractivity contribution in [3.05, 3.63) is 206 Å². The third-order valence-electron chi connectivity index (χ3n) is 10.5. The lowest BCUT2D eigenvalue weighted by Gasteiger charge is -2.17. The van der Waals surface area contributed by atoms with E-state index in [1.807, 2.05) is 115 Å². The van der Waals surface area contributed by atoms with Crippen LogP contribution < -0.4 is 0 Å². The Morgan fingerprint density at radius 1 is 0.333 bits per heavy atom. The van der Waals surface area contributed by atoms with Gasteiger partial charge in [-0.25, -0.2) is 24.9 Å². The van der Waals surface area contributed by atoms with Crippen LogP contribution >= 0.6 is 0 Å². The second-order valence-corrected chi connectivity index (χ2v) is 14.5. The van der Waals surface area contributed by atoms with E-state index in [0.29, 0.717) is 17.5 Å². The minimum atomic E-state index is 0.570. The van der Waals surface area contributed by atoms with E-state index in [1.54, 1.807) is 12.4 Å². The van der Waals surface area contributed by atoms with Gasteiger partial charge in [0.2, 0.25) is 0 Å². The third-order valence-corrected chi connectivity index (χ3v) is 10.5. The summed E-state index contributed by atoms with van der Waals surface area (Å²) in [5.41, 5.74) is 13.4. The monoisotopic (exact) mass is 771 g/mol. The van der Waals surface area contributed by atoms with Crippen LogP contribution in [0.5, 0.6) is 0 Å². The van der Waals surface area contributed by atoms with Crippen molar-refractivity contribution in [2.45, 2.75) is 12.8 Å². The molecule has 5 aromatic heterocycles. The fourth-order valence-corrected chi connectivity index (χ4v) is 7.53. The lowest BCUT2D eigenvalue weighted by molar-refractivity contribution is 1.01. The molecule has 284 valence electrons. The summed E-state index contributed by atoms with van der Waals surface area (Å²) in [6.45, 7) is 0. The Labute approximate surface area is 348 Å². The van der Waals surface area contributed by atoms with Crippen LogP contribution in [0, 0.1) is 0 Å². The number of hydrogen-bond donors (Lipinski definition) is 0. The zero-order valence-electron chi connectivity index (χ0n) is 32.6. The van der Waals surface area contributed by atoms with E-state index >= 15 is 0 Å². The molecule has 10 rings (SSSR count). The molecule has 60 heavy (non-hydrogen) atoms. The van der Waals surface area contributed by atoms with Gasteiger partial charge in [0, 0.05) is 51.3 Å². The first-order chi connectivity index (χ1) is 29.7. The van der Waals surface area contributed by atoms with Gasteiger partial charge >= 0.3 is 0 Å². The lowest BCUT2D eigenvalue weighted by atomic mass is 9.91. The van der Waals surface area contributed by atoms with E-state index in [-0.39, 0.29) is 0 Å². The smallest absolute Gasteiger partial charge is 0.164 e. The van der Waals surface area contributed by atoms with Crippen LogP contribution in [0.25, 0.3) is 95.9 Å². The molecule has 0 fully saturated rings. The van der Waals surface area contributed by atoms with Crippen LogP contribution in [0.1, 0.15) is 18.7 Å². The van der Waals surface area contributed by atoms with Crippen LogP contribution in [0.15, 0.2) is 200 Å². The van der Waals surface area contributed by atoms with E-state index in [2.05, 4.69) is 82.8 Å². The first kappa shape index (κ1) is 36.3. The SMILES string of the molecule is C1=CC(c2nc(-c3ccccc3)nc(-c3cc(-c4ccc(-c5ccccn5)nc4-c4ccccc4)cc(-c4ccc(-c5ccccn5)nc4-c4ccccc4)c3)n2)=CCC1. The Morgan fingerprint density at radius 2 is 0.800 bits per heavy atom. The van der Waals surface area contributed by atoms with E-state index in [4.69, 9.17) is 24.9 Å². The van der Waals surface area contributed by atoms with Gasteiger partial charge in [0.15, 0.2) is 17.5 Å². The Morgan fingerprint density at radius 3 is 1.28 bits per heavy atom. The minimum absolute atomic E-state index is 0.570. The molecule has 7 nitrogen and oxygen atoms in total. The average Bonchev–Trinajstić information content (AvgIpc) is 3.35. The molecule has 0 aliphatic heterocycles. The van der Waals surface area contributed by atoms with Gasteiger partial charge in [-0.2, -0.15) is 0 Å². The molecule has 0 unspecified atom stereocenters. The maximum atomic E-state index is 5.30. The molecule has 0 amide bonds. The highest BCUT2D eigenvalue weighted by Crippen LogP contribution is 2.40. The van der Waals surface area contributed by atoms with E-state index in [9.17, 15) is 0 Å². The maximum absolute atomic E-state index is 5.30. The Kier molecular flexibility index (Phi) is 9.96. The number of nitrogens with zero attached hydrogens (tertiary/aromatic N) is 7. The number of rotatable bonds is 9. The molecule has 1 aliphatic carbocycles. The molecule has 1 aliphatic rings. The van der Waals surface area contributed by atoms with Crippen LogP contribution in [0.3, 0.4) is 0 Å². The molecule has 0 radical (unpaired) electrons. The van der Waals surface area contributed by atoms with Gasteiger partial charge in [-0.1, -0.05) is 121 Å². The highest BCUT2D eigenvalue weighted by molar-refractivity contribution is 5.91. The van der Waals surface area contributed by atoms with Crippen molar-refractivity contribution in [3.63, 3.8) is 0 Å². The van der Waals surface area contributed by atoms with E-state index in [0.717, 1.165) is 97.1 Å². The van der Waals surface area contributed by atoms with Gasteiger partial charge in [-0.3, -0.25) is 9.97 Å². The number of hydrogen-bond acceptors (Lipinski definition) is 7. The van der Waals surface area contributed by atoms with E-state index < -0.39 is 0 Å². The summed E-state index contributed by atoms with van der Waals surface area (Å²) in [5, 5.41) is 0. The summed E-state index contributed by atoms with van der Waals surface area (Å²) >= 11 is 0. The second kappa shape index (κ2) is 16.4. The van der Waals surface area contributed by atoms with Crippen molar-refractivity contribution in [1.82, 2.24) is 34.9 Å². The molecule has 4 aromatic carbocycles. The minimum Gasteiger partial charge on any atom is -0.255 e. The van der Waals surface area contributed by atoms with Crippen molar-refractivity contribution in [2.75, 3.05) is 0 Å². The summed E-state index contributed by atoms with van der Waals surface area (Å²) in [6.07, 6.45) is 12.0. The number of pyridine rings is 4. The maximum Gasteiger partial charge on any atom is 0.164 e. The molecular formula is C53H37N7. The molecule has 0 spiro atoms. The van der Waals surface area contributed by atoms with Crippen molar-refractivity contribution >= 4 is 5.57 Å². The van der Waals surface area contributed by atoms with Crippen LogP contribution in [0.4, 0.5) is 0 Å². The highest BCUT2D eigenvalue weighted by atomic mass is 15.0.